The molecule has 2 amide bonds. The van der Waals surface area contributed by atoms with Crippen LogP contribution in [0.3, 0.4) is 0 Å². The molecule has 0 aliphatic carbocycles. The first-order chi connectivity index (χ1) is 14.1. The lowest BCUT2D eigenvalue weighted by atomic mass is 10.1. The van der Waals surface area contributed by atoms with Crippen LogP contribution in [0.15, 0.2) is 48.5 Å². The van der Waals surface area contributed by atoms with Gasteiger partial charge in [0.1, 0.15) is 18.2 Å². The Morgan fingerprint density at radius 2 is 2.10 bits per heavy atom. The van der Waals surface area contributed by atoms with Gasteiger partial charge in [-0.15, -0.1) is 0 Å². The van der Waals surface area contributed by atoms with Crippen molar-refractivity contribution < 1.29 is 23.5 Å². The first-order valence-electron chi connectivity index (χ1n) is 9.80. The molecular weight excluding hydrogens is 375 g/mol. The zero-order valence-corrected chi connectivity index (χ0v) is 16.0. The topological polar surface area (TPSA) is 67.9 Å². The maximum absolute atomic E-state index is 14.0. The molecule has 0 unspecified atom stereocenters. The van der Waals surface area contributed by atoms with Crippen molar-refractivity contribution in [1.29, 1.82) is 0 Å². The van der Waals surface area contributed by atoms with E-state index in [1.165, 1.54) is 11.0 Å². The number of carbonyl (C=O) groups is 2. The number of ether oxygens (including phenoxy) is 2. The third-order valence-electron chi connectivity index (χ3n) is 5.20. The van der Waals surface area contributed by atoms with Gasteiger partial charge in [0.25, 0.3) is 0 Å². The van der Waals surface area contributed by atoms with Crippen molar-refractivity contribution >= 4 is 23.2 Å². The van der Waals surface area contributed by atoms with Crippen molar-refractivity contribution in [2.75, 3.05) is 30.0 Å². The van der Waals surface area contributed by atoms with Gasteiger partial charge >= 0.3 is 0 Å². The number of nitrogens with one attached hydrogen (secondary N) is 1. The Morgan fingerprint density at radius 1 is 1.24 bits per heavy atom. The summed E-state index contributed by atoms with van der Waals surface area (Å²) >= 11 is 0. The summed E-state index contributed by atoms with van der Waals surface area (Å²) in [5, 5.41) is 2.84. The molecular formula is C22H23FN2O4. The second-order valence-electron chi connectivity index (χ2n) is 7.32. The van der Waals surface area contributed by atoms with Crippen LogP contribution in [0.25, 0.3) is 0 Å². The van der Waals surface area contributed by atoms with E-state index in [1.807, 2.05) is 6.07 Å². The summed E-state index contributed by atoms with van der Waals surface area (Å²) in [7, 11) is 0. The van der Waals surface area contributed by atoms with E-state index < -0.39 is 11.7 Å². The van der Waals surface area contributed by atoms with Crippen molar-refractivity contribution in [3.63, 3.8) is 0 Å². The van der Waals surface area contributed by atoms with E-state index in [1.54, 1.807) is 36.4 Å². The number of rotatable bonds is 6. The van der Waals surface area contributed by atoms with Crippen LogP contribution in [0.5, 0.6) is 5.75 Å². The average molecular weight is 398 g/mol. The molecule has 152 valence electrons. The van der Waals surface area contributed by atoms with Gasteiger partial charge in [0.15, 0.2) is 0 Å². The normalized spacial score (nSPS) is 21.4. The highest BCUT2D eigenvalue weighted by molar-refractivity contribution is 6.03. The molecule has 2 heterocycles. The Bertz CT molecular complexity index is 898. The Morgan fingerprint density at radius 3 is 2.90 bits per heavy atom. The number of para-hydroxylation sites is 1. The fraction of sp³-hybridized carbons (Fsp3) is 0.364. The van der Waals surface area contributed by atoms with Crippen LogP contribution in [0.2, 0.25) is 0 Å². The highest BCUT2D eigenvalue weighted by Gasteiger charge is 2.36. The lowest BCUT2D eigenvalue weighted by Crippen LogP contribution is -2.28. The van der Waals surface area contributed by atoms with Crippen molar-refractivity contribution in [2.24, 2.45) is 5.92 Å². The van der Waals surface area contributed by atoms with Gasteiger partial charge in [-0.25, -0.2) is 4.39 Å². The highest BCUT2D eigenvalue weighted by atomic mass is 19.1. The van der Waals surface area contributed by atoms with E-state index in [0.717, 1.165) is 19.4 Å². The Balaban J connectivity index is 1.36. The quantitative estimate of drug-likeness (QED) is 0.810. The number of benzene rings is 2. The minimum absolute atomic E-state index is 0.0510. The molecule has 0 aromatic heterocycles. The molecule has 2 aliphatic rings. The van der Waals surface area contributed by atoms with Crippen molar-refractivity contribution in [2.45, 2.75) is 25.4 Å². The van der Waals surface area contributed by atoms with Gasteiger partial charge in [0.2, 0.25) is 11.8 Å². The van der Waals surface area contributed by atoms with Crippen LogP contribution in [0, 0.1) is 11.7 Å². The molecule has 29 heavy (non-hydrogen) atoms. The summed E-state index contributed by atoms with van der Waals surface area (Å²) in [6, 6.07) is 13.2. The summed E-state index contributed by atoms with van der Waals surface area (Å²) in [5.74, 6) is -0.900. The van der Waals surface area contributed by atoms with Crippen LogP contribution < -0.4 is 15.0 Å². The third kappa shape index (κ3) is 4.56. The molecule has 2 aromatic rings. The van der Waals surface area contributed by atoms with Gasteiger partial charge in [0.05, 0.1) is 17.7 Å². The van der Waals surface area contributed by atoms with Crippen LogP contribution in [0.4, 0.5) is 15.8 Å². The van der Waals surface area contributed by atoms with Crippen LogP contribution in [-0.4, -0.2) is 37.7 Å². The maximum atomic E-state index is 14.0. The number of nitrogens with zero attached hydrogens (tertiary/aromatic N) is 1. The number of carbonyl (C=O) groups excluding carboxylic acids is 2. The number of hydrogen-bond acceptors (Lipinski definition) is 4. The van der Waals surface area contributed by atoms with E-state index in [9.17, 15) is 14.0 Å². The minimum atomic E-state index is -0.543. The Labute approximate surface area is 168 Å². The number of anilines is 2. The maximum Gasteiger partial charge on any atom is 0.229 e. The lowest BCUT2D eigenvalue weighted by Gasteiger charge is -2.17. The molecule has 1 N–H and O–H groups in total. The predicted octanol–water partition coefficient (Wildman–Crippen LogP) is 3.38. The fourth-order valence-electron chi connectivity index (χ4n) is 3.66. The zero-order valence-electron chi connectivity index (χ0n) is 16.0. The zero-order chi connectivity index (χ0) is 20.2. The smallest absolute Gasteiger partial charge is 0.229 e. The monoisotopic (exact) mass is 398 g/mol. The minimum Gasteiger partial charge on any atom is -0.491 e. The van der Waals surface area contributed by atoms with Crippen LogP contribution in [0.1, 0.15) is 19.3 Å². The average Bonchev–Trinajstić information content (AvgIpc) is 3.37. The molecule has 0 saturated carbocycles. The summed E-state index contributed by atoms with van der Waals surface area (Å²) in [6.07, 6.45) is 2.20. The third-order valence-corrected chi connectivity index (χ3v) is 5.20. The molecule has 4 rings (SSSR count). The second-order valence-corrected chi connectivity index (χ2v) is 7.32. The summed E-state index contributed by atoms with van der Waals surface area (Å²) < 4.78 is 25.3. The molecule has 0 spiro atoms. The number of hydrogen-bond donors (Lipinski definition) is 1. The molecule has 7 heteroatoms. The van der Waals surface area contributed by atoms with Gasteiger partial charge in [-0.1, -0.05) is 18.2 Å². The summed E-state index contributed by atoms with van der Waals surface area (Å²) in [5.41, 5.74) is 0.800. The van der Waals surface area contributed by atoms with Gasteiger partial charge in [-0.05, 0) is 37.1 Å². The van der Waals surface area contributed by atoms with Gasteiger partial charge < -0.3 is 19.7 Å². The molecule has 2 aliphatic heterocycles. The van der Waals surface area contributed by atoms with Crippen molar-refractivity contribution in [3.8, 4) is 5.75 Å². The van der Waals surface area contributed by atoms with Gasteiger partial charge in [0, 0.05) is 31.3 Å². The van der Waals surface area contributed by atoms with E-state index in [4.69, 9.17) is 9.47 Å². The van der Waals surface area contributed by atoms with Gasteiger partial charge in [-0.3, -0.25) is 9.59 Å². The first kappa shape index (κ1) is 19.4. The standard InChI is InChI=1S/C22H23FN2O4/c23-19-8-1-2-9-20(19)25-13-15(11-21(25)26)22(27)24-16-5-3-6-17(12-16)29-14-18-7-4-10-28-18/h1-3,5-6,8-9,12,15,18H,4,7,10-11,13-14H2,(H,24,27)/t15-,18-/m1/s1. The molecule has 2 aromatic carbocycles. The Kier molecular flexibility index (Phi) is 5.76. The number of amides is 2. The second kappa shape index (κ2) is 8.61. The molecule has 2 saturated heterocycles. The van der Waals surface area contributed by atoms with E-state index in [2.05, 4.69) is 5.32 Å². The molecule has 2 fully saturated rings. The molecule has 0 radical (unpaired) electrons. The first-order valence-corrected chi connectivity index (χ1v) is 9.80. The molecule has 2 atom stereocenters. The highest BCUT2D eigenvalue weighted by Crippen LogP contribution is 2.28. The SMILES string of the molecule is O=C(Nc1cccc(OC[C@H]2CCCO2)c1)[C@@H]1CC(=O)N(c2ccccc2F)C1. The molecule has 0 bridgehead atoms. The fourth-order valence-corrected chi connectivity index (χ4v) is 3.66. The van der Waals surface area contributed by atoms with E-state index in [0.29, 0.717) is 18.0 Å². The number of halogens is 1. The lowest BCUT2D eigenvalue weighted by molar-refractivity contribution is -0.122. The molecule has 6 nitrogen and oxygen atoms in total. The van der Waals surface area contributed by atoms with Crippen molar-refractivity contribution in [1.82, 2.24) is 0 Å². The van der Waals surface area contributed by atoms with Crippen LogP contribution >= 0.6 is 0 Å². The van der Waals surface area contributed by atoms with E-state index in [-0.39, 0.29) is 36.6 Å². The van der Waals surface area contributed by atoms with Gasteiger partial charge in [-0.2, -0.15) is 0 Å². The van der Waals surface area contributed by atoms with E-state index >= 15 is 0 Å². The largest absolute Gasteiger partial charge is 0.491 e. The summed E-state index contributed by atoms with van der Waals surface area (Å²) in [4.78, 5) is 26.3. The Hall–Kier alpha value is -2.93. The predicted molar refractivity (Wildman–Crippen MR) is 106 cm³/mol. The van der Waals surface area contributed by atoms with Crippen LogP contribution in [-0.2, 0) is 14.3 Å². The van der Waals surface area contributed by atoms with Crippen molar-refractivity contribution in [3.05, 3.63) is 54.3 Å². The summed E-state index contributed by atoms with van der Waals surface area (Å²) in [6.45, 7) is 1.40.